The van der Waals surface area contributed by atoms with Crippen LogP contribution < -0.4 is 10.5 Å². The third kappa shape index (κ3) is 2.70. The van der Waals surface area contributed by atoms with Crippen LogP contribution in [0.25, 0.3) is 0 Å². The Morgan fingerprint density at radius 2 is 2.25 bits per heavy atom. The molecule has 0 atom stereocenters. The summed E-state index contributed by atoms with van der Waals surface area (Å²) in [5.74, 6) is -0.421. The summed E-state index contributed by atoms with van der Waals surface area (Å²) < 4.78 is 25.4. The molecule has 0 unspecified atom stereocenters. The monoisotopic (exact) mass is 247 g/mol. The Hall–Kier alpha value is -1.61. The first-order valence-electron chi connectivity index (χ1n) is 4.33. The Bertz CT molecular complexity index is 478. The number of carbonyl (C=O) groups excluding carboxylic acids is 1. The summed E-state index contributed by atoms with van der Waals surface area (Å²) in [6, 6.07) is 0. The number of nitrogens with one attached hydrogen (secondary N) is 2. The lowest BCUT2D eigenvalue weighted by atomic mass is 10.6. The van der Waals surface area contributed by atoms with Crippen LogP contribution in [0.1, 0.15) is 0 Å². The van der Waals surface area contributed by atoms with E-state index in [-0.39, 0.29) is 23.2 Å². The predicted octanol–water partition coefficient (Wildman–Crippen LogP) is -1.64. The first kappa shape index (κ1) is 12.5. The summed E-state index contributed by atoms with van der Waals surface area (Å²) in [6.07, 6.45) is 1.08. The molecule has 1 rings (SSSR count). The van der Waals surface area contributed by atoms with Gasteiger partial charge in [0, 0.05) is 14.1 Å². The number of rotatable bonds is 4. The van der Waals surface area contributed by atoms with Crippen molar-refractivity contribution in [1.82, 2.24) is 19.8 Å². The molecule has 1 amide bonds. The second-order valence-electron chi connectivity index (χ2n) is 3.26. The van der Waals surface area contributed by atoms with Crippen molar-refractivity contribution in [3.05, 3.63) is 6.20 Å². The fraction of sp³-hybridized carbons (Fsp3) is 0.429. The second-order valence-corrected chi connectivity index (χ2v) is 5.00. The number of nitrogens with two attached hydrogens (primary N) is 1. The van der Waals surface area contributed by atoms with Crippen molar-refractivity contribution in [3.63, 3.8) is 0 Å². The van der Waals surface area contributed by atoms with Crippen molar-refractivity contribution in [2.24, 2.45) is 0 Å². The lowest BCUT2D eigenvalue weighted by Gasteiger charge is -2.10. The van der Waals surface area contributed by atoms with Gasteiger partial charge in [0.05, 0.1) is 12.7 Å². The van der Waals surface area contributed by atoms with Crippen LogP contribution in [0.4, 0.5) is 5.82 Å². The van der Waals surface area contributed by atoms with Crippen LogP contribution >= 0.6 is 0 Å². The zero-order valence-corrected chi connectivity index (χ0v) is 9.71. The smallest absolute Gasteiger partial charge is 0.246 e. The number of nitrogen functional groups attached to an aromatic ring is 1. The molecule has 9 heteroatoms. The number of anilines is 1. The number of hydrogen-bond acceptors (Lipinski definition) is 5. The minimum Gasteiger partial charge on any atom is -0.383 e. The quantitative estimate of drug-likeness (QED) is 0.589. The molecule has 0 aliphatic carbocycles. The highest BCUT2D eigenvalue weighted by atomic mass is 32.2. The van der Waals surface area contributed by atoms with Crippen LogP contribution in [0.5, 0.6) is 0 Å². The molecular weight excluding hydrogens is 234 g/mol. The van der Waals surface area contributed by atoms with Crippen molar-refractivity contribution >= 4 is 21.7 Å². The summed E-state index contributed by atoms with van der Waals surface area (Å²) in [5.41, 5.74) is 5.36. The Kier molecular flexibility index (Phi) is 3.50. The van der Waals surface area contributed by atoms with E-state index in [2.05, 4.69) is 14.9 Å². The average Bonchev–Trinajstić information content (AvgIpc) is 2.61. The van der Waals surface area contributed by atoms with Crippen molar-refractivity contribution in [2.75, 3.05) is 26.4 Å². The van der Waals surface area contributed by atoms with Crippen LogP contribution in [0, 0.1) is 0 Å². The second kappa shape index (κ2) is 4.49. The van der Waals surface area contributed by atoms with Crippen LogP contribution in [-0.2, 0) is 14.8 Å². The number of amides is 1. The number of sulfonamides is 1. The van der Waals surface area contributed by atoms with E-state index in [9.17, 15) is 13.2 Å². The maximum absolute atomic E-state index is 11.6. The standard InChI is InChI=1S/C7H13N5O3S/c1-12(2)6(13)4-10-16(14,15)5-3-9-11-7(5)8/h3,10H,4H2,1-2H3,(H3,8,9,11). The number of H-pyrrole nitrogens is 1. The lowest BCUT2D eigenvalue weighted by molar-refractivity contribution is -0.127. The Morgan fingerprint density at radius 1 is 1.62 bits per heavy atom. The maximum atomic E-state index is 11.6. The summed E-state index contributed by atoms with van der Waals surface area (Å²) in [5, 5.41) is 5.78. The van der Waals surface area contributed by atoms with Gasteiger partial charge in [0.15, 0.2) is 0 Å². The third-order valence-corrected chi connectivity index (χ3v) is 3.26. The molecular formula is C7H13N5O3S. The van der Waals surface area contributed by atoms with Crippen molar-refractivity contribution < 1.29 is 13.2 Å². The van der Waals surface area contributed by atoms with E-state index in [1.165, 1.54) is 19.0 Å². The highest BCUT2D eigenvalue weighted by Crippen LogP contribution is 2.12. The van der Waals surface area contributed by atoms with E-state index in [0.29, 0.717) is 0 Å². The van der Waals surface area contributed by atoms with Gasteiger partial charge in [-0.2, -0.15) is 5.10 Å². The molecule has 0 saturated carbocycles. The highest BCUT2D eigenvalue weighted by Gasteiger charge is 2.20. The molecule has 16 heavy (non-hydrogen) atoms. The van der Waals surface area contributed by atoms with E-state index in [1.54, 1.807) is 0 Å². The highest BCUT2D eigenvalue weighted by molar-refractivity contribution is 7.89. The van der Waals surface area contributed by atoms with Gasteiger partial charge in [-0.15, -0.1) is 0 Å². The molecule has 0 saturated heterocycles. The molecule has 1 heterocycles. The molecule has 1 aromatic heterocycles. The van der Waals surface area contributed by atoms with Crippen molar-refractivity contribution in [3.8, 4) is 0 Å². The average molecular weight is 247 g/mol. The molecule has 0 aromatic carbocycles. The van der Waals surface area contributed by atoms with E-state index in [0.717, 1.165) is 6.20 Å². The first-order chi connectivity index (χ1) is 7.34. The van der Waals surface area contributed by atoms with Crippen LogP contribution in [0.15, 0.2) is 11.1 Å². The van der Waals surface area contributed by atoms with Crippen LogP contribution in [-0.4, -0.2) is 50.1 Å². The zero-order valence-electron chi connectivity index (χ0n) is 8.89. The van der Waals surface area contributed by atoms with Gasteiger partial charge >= 0.3 is 0 Å². The molecule has 4 N–H and O–H groups in total. The molecule has 0 spiro atoms. The molecule has 8 nitrogen and oxygen atoms in total. The molecule has 90 valence electrons. The van der Waals surface area contributed by atoms with Gasteiger partial charge in [0.25, 0.3) is 0 Å². The molecule has 0 fully saturated rings. The van der Waals surface area contributed by atoms with Crippen LogP contribution in [0.3, 0.4) is 0 Å². The summed E-state index contributed by atoms with van der Waals surface area (Å²) >= 11 is 0. The Morgan fingerprint density at radius 3 is 2.69 bits per heavy atom. The molecule has 1 aromatic rings. The van der Waals surface area contributed by atoms with Gasteiger partial charge in [0.1, 0.15) is 10.7 Å². The summed E-state index contributed by atoms with van der Waals surface area (Å²) in [4.78, 5) is 12.3. The zero-order chi connectivity index (χ0) is 12.3. The van der Waals surface area contributed by atoms with Gasteiger partial charge in [-0.1, -0.05) is 0 Å². The third-order valence-electron chi connectivity index (χ3n) is 1.83. The number of aromatic nitrogens is 2. The fourth-order valence-corrected chi connectivity index (χ4v) is 1.89. The molecule has 0 bridgehead atoms. The topological polar surface area (TPSA) is 121 Å². The summed E-state index contributed by atoms with van der Waals surface area (Å²) in [6.45, 7) is -0.319. The van der Waals surface area contributed by atoms with Gasteiger partial charge in [0.2, 0.25) is 15.9 Å². The van der Waals surface area contributed by atoms with Gasteiger partial charge in [-0.05, 0) is 0 Å². The van der Waals surface area contributed by atoms with Gasteiger partial charge in [-0.25, -0.2) is 13.1 Å². The summed E-state index contributed by atoms with van der Waals surface area (Å²) in [7, 11) is -0.731. The largest absolute Gasteiger partial charge is 0.383 e. The van der Waals surface area contributed by atoms with E-state index in [1.807, 2.05) is 0 Å². The fourth-order valence-electron chi connectivity index (χ4n) is 0.892. The lowest BCUT2D eigenvalue weighted by Crippen LogP contribution is -2.36. The number of aromatic amines is 1. The molecule has 0 radical (unpaired) electrons. The number of carbonyl (C=O) groups is 1. The molecule has 0 aliphatic heterocycles. The first-order valence-corrected chi connectivity index (χ1v) is 5.81. The Labute approximate surface area is 92.9 Å². The Balaban J connectivity index is 2.75. The molecule has 0 aliphatic rings. The van der Waals surface area contributed by atoms with Gasteiger partial charge < -0.3 is 10.6 Å². The van der Waals surface area contributed by atoms with E-state index < -0.39 is 10.0 Å². The van der Waals surface area contributed by atoms with Crippen molar-refractivity contribution in [1.29, 1.82) is 0 Å². The van der Waals surface area contributed by atoms with Crippen LogP contribution in [0.2, 0.25) is 0 Å². The SMILES string of the molecule is CN(C)C(=O)CNS(=O)(=O)c1cn[nH]c1N. The number of hydrogen-bond donors (Lipinski definition) is 3. The number of likely N-dealkylation sites (N-methyl/N-ethyl adjacent to an activating group) is 1. The van der Waals surface area contributed by atoms with E-state index >= 15 is 0 Å². The normalized spacial score (nSPS) is 11.4. The number of nitrogens with zero attached hydrogens (tertiary/aromatic N) is 2. The van der Waals surface area contributed by atoms with Crippen molar-refractivity contribution in [2.45, 2.75) is 4.90 Å². The van der Waals surface area contributed by atoms with E-state index in [4.69, 9.17) is 5.73 Å². The predicted molar refractivity (Wildman–Crippen MR) is 56.9 cm³/mol. The minimum atomic E-state index is -3.79. The van der Waals surface area contributed by atoms with Gasteiger partial charge in [-0.3, -0.25) is 9.89 Å². The maximum Gasteiger partial charge on any atom is 0.246 e. The minimum absolute atomic E-state index is 0.0650.